The van der Waals surface area contributed by atoms with Crippen LogP contribution in [0, 0.1) is 0 Å². The summed E-state index contributed by atoms with van der Waals surface area (Å²) in [5.41, 5.74) is 0.233. The van der Waals surface area contributed by atoms with Crippen LogP contribution in [0.3, 0.4) is 0 Å². The van der Waals surface area contributed by atoms with Crippen LogP contribution >= 0.6 is 0 Å². The first-order valence-electron chi connectivity index (χ1n) is 3.56. The van der Waals surface area contributed by atoms with Gasteiger partial charge in [0, 0.05) is 12.0 Å². The average Bonchev–Trinajstić information content (AvgIpc) is 1.98. The molecule has 0 rings (SSSR count). The molecule has 2 N–H and O–H groups in total. The minimum Gasteiger partial charge on any atom is -0.512 e. The highest BCUT2D eigenvalue weighted by molar-refractivity contribution is 5.93. The van der Waals surface area contributed by atoms with E-state index in [-0.39, 0.29) is 30.0 Å². The zero-order chi connectivity index (χ0) is 9.72. The Bertz CT molecular complexity index is 227. The molecule has 12 heavy (non-hydrogen) atoms. The summed E-state index contributed by atoms with van der Waals surface area (Å²) in [5.74, 6) is -1.36. The Kier molecular flexibility index (Phi) is 4.04. The van der Waals surface area contributed by atoms with Crippen molar-refractivity contribution in [2.24, 2.45) is 0 Å². The largest absolute Gasteiger partial charge is 0.512 e. The number of aliphatic carboxylic acids is 1. The van der Waals surface area contributed by atoms with Gasteiger partial charge in [-0.1, -0.05) is 0 Å². The molecule has 0 aliphatic rings. The van der Waals surface area contributed by atoms with Crippen LogP contribution in [0.2, 0.25) is 0 Å². The van der Waals surface area contributed by atoms with Gasteiger partial charge in [-0.25, -0.2) is 0 Å². The topological polar surface area (TPSA) is 74.6 Å². The van der Waals surface area contributed by atoms with Gasteiger partial charge in [0.15, 0.2) is 5.78 Å². The second-order valence-corrected chi connectivity index (χ2v) is 2.52. The molecule has 0 unspecified atom stereocenters. The van der Waals surface area contributed by atoms with Gasteiger partial charge in [0.1, 0.15) is 0 Å². The highest BCUT2D eigenvalue weighted by Crippen LogP contribution is 2.08. The molecule has 0 atom stereocenters. The van der Waals surface area contributed by atoms with E-state index in [2.05, 4.69) is 0 Å². The number of allylic oxidation sites excluding steroid dienone is 2. The van der Waals surface area contributed by atoms with Gasteiger partial charge >= 0.3 is 5.97 Å². The fraction of sp³-hybridized carbons (Fsp3) is 0.500. The molecule has 0 aromatic heterocycles. The second-order valence-electron chi connectivity index (χ2n) is 2.52. The number of ketones is 1. The van der Waals surface area contributed by atoms with E-state index < -0.39 is 5.97 Å². The quantitative estimate of drug-likeness (QED) is 0.494. The lowest BCUT2D eigenvalue weighted by Gasteiger charge is -2.00. The van der Waals surface area contributed by atoms with Crippen molar-refractivity contribution in [3.05, 3.63) is 11.3 Å². The number of hydrogen-bond donors (Lipinski definition) is 2. The summed E-state index contributed by atoms with van der Waals surface area (Å²) in [6.07, 6.45) is -0.142. The Labute approximate surface area is 70.5 Å². The number of carboxylic acid groups (broad SMARTS) is 1. The van der Waals surface area contributed by atoms with Crippen LogP contribution in [0.5, 0.6) is 0 Å². The van der Waals surface area contributed by atoms with Crippen molar-refractivity contribution >= 4 is 11.8 Å². The molecule has 0 radical (unpaired) electrons. The van der Waals surface area contributed by atoms with Gasteiger partial charge in [-0.15, -0.1) is 0 Å². The van der Waals surface area contributed by atoms with E-state index in [0.29, 0.717) is 0 Å². The SMILES string of the molecule is CC(=O)/C(C)=C(\O)CCC(=O)O. The minimum absolute atomic E-state index is 0.0146. The van der Waals surface area contributed by atoms with Crippen LogP contribution in [-0.2, 0) is 9.59 Å². The molecule has 0 heterocycles. The van der Waals surface area contributed by atoms with Crippen molar-refractivity contribution in [1.29, 1.82) is 0 Å². The highest BCUT2D eigenvalue weighted by Gasteiger charge is 2.06. The van der Waals surface area contributed by atoms with E-state index in [9.17, 15) is 9.59 Å². The molecule has 0 saturated heterocycles. The fourth-order valence-corrected chi connectivity index (χ4v) is 0.616. The molecule has 0 fully saturated rings. The number of aliphatic hydroxyl groups is 1. The van der Waals surface area contributed by atoms with E-state index in [1.165, 1.54) is 13.8 Å². The lowest BCUT2D eigenvalue weighted by atomic mass is 10.1. The molecule has 0 aromatic rings. The maximum atomic E-state index is 10.7. The second kappa shape index (κ2) is 4.54. The molecule has 68 valence electrons. The number of carbonyl (C=O) groups excluding carboxylic acids is 1. The van der Waals surface area contributed by atoms with Gasteiger partial charge in [0.05, 0.1) is 12.2 Å². The monoisotopic (exact) mass is 172 g/mol. The summed E-state index contributed by atoms with van der Waals surface area (Å²) in [6, 6.07) is 0. The number of rotatable bonds is 4. The Morgan fingerprint density at radius 2 is 1.58 bits per heavy atom. The third-order valence-electron chi connectivity index (χ3n) is 1.54. The molecule has 0 aliphatic heterocycles. The normalized spacial score (nSPS) is 12.2. The van der Waals surface area contributed by atoms with Crippen molar-refractivity contribution in [1.82, 2.24) is 0 Å². The number of Topliss-reactive ketones (excluding diaryl/α,β-unsaturated/α-hetero) is 1. The molecule has 0 aliphatic carbocycles. The van der Waals surface area contributed by atoms with E-state index >= 15 is 0 Å². The number of aliphatic hydroxyl groups excluding tert-OH is 1. The summed E-state index contributed by atoms with van der Waals surface area (Å²) < 4.78 is 0. The predicted molar refractivity (Wildman–Crippen MR) is 42.9 cm³/mol. The molecular weight excluding hydrogens is 160 g/mol. The van der Waals surface area contributed by atoms with Gasteiger partial charge in [-0.3, -0.25) is 9.59 Å². The van der Waals surface area contributed by atoms with Crippen LogP contribution in [-0.4, -0.2) is 22.0 Å². The van der Waals surface area contributed by atoms with Gasteiger partial charge in [-0.05, 0) is 13.8 Å². The molecule has 0 saturated carbocycles. The van der Waals surface area contributed by atoms with Crippen LogP contribution in [0.25, 0.3) is 0 Å². The van der Waals surface area contributed by atoms with Crippen LogP contribution in [0.4, 0.5) is 0 Å². The maximum absolute atomic E-state index is 10.7. The number of carbonyl (C=O) groups is 2. The molecule has 0 amide bonds. The van der Waals surface area contributed by atoms with Crippen molar-refractivity contribution in [2.75, 3.05) is 0 Å². The fourth-order valence-electron chi connectivity index (χ4n) is 0.616. The van der Waals surface area contributed by atoms with Crippen molar-refractivity contribution in [3.63, 3.8) is 0 Å². The Balaban J connectivity index is 4.18. The first-order chi connectivity index (χ1) is 5.45. The first-order valence-corrected chi connectivity index (χ1v) is 3.56. The van der Waals surface area contributed by atoms with Crippen LogP contribution < -0.4 is 0 Å². The van der Waals surface area contributed by atoms with Gasteiger partial charge < -0.3 is 10.2 Å². The summed E-state index contributed by atoms with van der Waals surface area (Å²) in [5, 5.41) is 17.4. The van der Waals surface area contributed by atoms with E-state index in [4.69, 9.17) is 10.2 Å². The Morgan fingerprint density at radius 3 is 1.92 bits per heavy atom. The first kappa shape index (κ1) is 10.7. The van der Waals surface area contributed by atoms with Crippen LogP contribution in [0.1, 0.15) is 26.7 Å². The lowest BCUT2D eigenvalue weighted by Crippen LogP contribution is -2.01. The summed E-state index contributed by atoms with van der Waals surface area (Å²) in [6.45, 7) is 2.80. The Morgan fingerprint density at radius 1 is 1.08 bits per heavy atom. The third kappa shape index (κ3) is 3.75. The zero-order valence-electron chi connectivity index (χ0n) is 7.13. The van der Waals surface area contributed by atoms with Crippen LogP contribution in [0.15, 0.2) is 11.3 Å². The van der Waals surface area contributed by atoms with Crippen molar-refractivity contribution < 1.29 is 19.8 Å². The molecular formula is C8H12O4. The molecule has 0 bridgehead atoms. The molecule has 4 heteroatoms. The predicted octanol–water partition coefficient (Wildman–Crippen LogP) is 1.27. The summed E-state index contributed by atoms with van der Waals surface area (Å²) in [4.78, 5) is 20.7. The summed E-state index contributed by atoms with van der Waals surface area (Å²) >= 11 is 0. The molecule has 4 nitrogen and oxygen atoms in total. The lowest BCUT2D eigenvalue weighted by molar-refractivity contribution is -0.137. The average molecular weight is 172 g/mol. The van der Waals surface area contributed by atoms with Gasteiger partial charge in [0.25, 0.3) is 0 Å². The number of carboxylic acids is 1. The Hall–Kier alpha value is -1.32. The maximum Gasteiger partial charge on any atom is 0.303 e. The van der Waals surface area contributed by atoms with Crippen molar-refractivity contribution in [2.45, 2.75) is 26.7 Å². The third-order valence-corrected chi connectivity index (χ3v) is 1.54. The smallest absolute Gasteiger partial charge is 0.303 e. The van der Waals surface area contributed by atoms with Gasteiger partial charge in [-0.2, -0.15) is 0 Å². The van der Waals surface area contributed by atoms with E-state index in [1.54, 1.807) is 0 Å². The van der Waals surface area contributed by atoms with Crippen molar-refractivity contribution in [3.8, 4) is 0 Å². The highest BCUT2D eigenvalue weighted by atomic mass is 16.4. The number of hydrogen-bond acceptors (Lipinski definition) is 3. The zero-order valence-corrected chi connectivity index (χ0v) is 7.13. The van der Waals surface area contributed by atoms with E-state index in [0.717, 1.165) is 0 Å². The molecule has 0 spiro atoms. The molecule has 0 aromatic carbocycles. The summed E-state index contributed by atoms with van der Waals surface area (Å²) in [7, 11) is 0. The minimum atomic E-state index is -0.988. The van der Waals surface area contributed by atoms with Gasteiger partial charge in [0.2, 0.25) is 0 Å². The standard InChI is InChI=1S/C8H12O4/c1-5(6(2)9)7(10)3-4-8(11)12/h10H,3-4H2,1-2H3,(H,11,12)/b7-5-. The van der Waals surface area contributed by atoms with E-state index in [1.807, 2.05) is 0 Å².